The number of carbonyl (C=O) groups is 2. The fraction of sp³-hybridized carbons (Fsp3) is 0.348. The molecule has 1 aliphatic carbocycles. The van der Waals surface area contributed by atoms with Gasteiger partial charge in [-0.15, -0.1) is 11.8 Å². The van der Waals surface area contributed by atoms with Crippen molar-refractivity contribution in [1.82, 2.24) is 5.32 Å². The Morgan fingerprint density at radius 1 is 1.37 bits per heavy atom. The lowest BCUT2D eigenvalue weighted by Gasteiger charge is -2.22. The second kappa shape index (κ2) is 10.4. The van der Waals surface area contributed by atoms with Gasteiger partial charge in [0.15, 0.2) is 0 Å². The van der Waals surface area contributed by atoms with E-state index in [-0.39, 0.29) is 23.2 Å². The van der Waals surface area contributed by atoms with E-state index in [0.717, 1.165) is 17.7 Å². The topological polar surface area (TPSA) is 77.0 Å². The molecule has 1 aromatic rings. The molecule has 1 aliphatic heterocycles. The van der Waals surface area contributed by atoms with Gasteiger partial charge in [0, 0.05) is 18.7 Å². The second-order valence-corrected chi connectivity index (χ2v) is 8.34. The maximum atomic E-state index is 12.5. The number of hydrogen-bond donors (Lipinski definition) is 1. The number of ether oxygens (including phenoxy) is 2. The number of benzene rings is 1. The fourth-order valence-corrected chi connectivity index (χ4v) is 3.97. The normalized spacial score (nSPS) is 19.4. The SMILES string of the molecule is COc1cccc(/C=C2/SC3C=CC(C(=O)NCCCOC(C)C)=CC3=NC2=O)c1. The molecule has 158 valence electrons. The zero-order valence-corrected chi connectivity index (χ0v) is 18.2. The second-order valence-electron chi connectivity index (χ2n) is 7.15. The number of thioether (sulfide) groups is 1. The number of allylic oxidation sites excluding steroid dienone is 1. The number of nitrogens with one attached hydrogen (secondary N) is 1. The van der Waals surface area contributed by atoms with Crippen molar-refractivity contribution in [2.24, 2.45) is 4.99 Å². The van der Waals surface area contributed by atoms with Gasteiger partial charge in [-0.3, -0.25) is 9.59 Å². The van der Waals surface area contributed by atoms with E-state index < -0.39 is 0 Å². The number of methoxy groups -OCH3 is 1. The summed E-state index contributed by atoms with van der Waals surface area (Å²) in [4.78, 5) is 29.7. The van der Waals surface area contributed by atoms with Crippen LogP contribution in [-0.2, 0) is 14.3 Å². The summed E-state index contributed by atoms with van der Waals surface area (Å²) in [7, 11) is 1.61. The molecule has 2 aliphatic rings. The lowest BCUT2D eigenvalue weighted by molar-refractivity contribution is -0.117. The van der Waals surface area contributed by atoms with Crippen molar-refractivity contribution in [2.45, 2.75) is 31.6 Å². The Kier molecular flexibility index (Phi) is 7.65. The molecule has 0 fully saturated rings. The molecule has 0 spiro atoms. The third kappa shape index (κ3) is 5.93. The number of carbonyl (C=O) groups excluding carboxylic acids is 2. The van der Waals surface area contributed by atoms with Crippen LogP contribution in [-0.4, -0.2) is 49.1 Å². The zero-order chi connectivity index (χ0) is 21.5. The third-order valence-electron chi connectivity index (χ3n) is 4.45. The average molecular weight is 427 g/mol. The van der Waals surface area contributed by atoms with Crippen LogP contribution in [0.1, 0.15) is 25.8 Å². The van der Waals surface area contributed by atoms with Crippen LogP contribution in [0, 0.1) is 0 Å². The van der Waals surface area contributed by atoms with Gasteiger partial charge < -0.3 is 14.8 Å². The highest BCUT2D eigenvalue weighted by atomic mass is 32.2. The van der Waals surface area contributed by atoms with Gasteiger partial charge in [-0.05, 0) is 50.1 Å². The quantitative estimate of drug-likeness (QED) is 0.508. The third-order valence-corrected chi connectivity index (χ3v) is 5.65. The molecule has 0 saturated heterocycles. The maximum Gasteiger partial charge on any atom is 0.283 e. The van der Waals surface area contributed by atoms with Crippen molar-refractivity contribution in [3.05, 3.63) is 58.5 Å². The van der Waals surface area contributed by atoms with E-state index in [1.54, 1.807) is 19.3 Å². The summed E-state index contributed by atoms with van der Waals surface area (Å²) in [6, 6.07) is 7.51. The van der Waals surface area contributed by atoms with Gasteiger partial charge in [-0.2, -0.15) is 0 Å². The summed E-state index contributed by atoms with van der Waals surface area (Å²) >= 11 is 1.43. The monoisotopic (exact) mass is 426 g/mol. The van der Waals surface area contributed by atoms with Crippen molar-refractivity contribution < 1.29 is 19.1 Å². The van der Waals surface area contributed by atoms with Crippen LogP contribution in [0.5, 0.6) is 5.75 Å². The van der Waals surface area contributed by atoms with Gasteiger partial charge >= 0.3 is 0 Å². The summed E-state index contributed by atoms with van der Waals surface area (Å²) in [5, 5.41) is 2.79. The molecule has 0 aromatic heterocycles. The summed E-state index contributed by atoms with van der Waals surface area (Å²) in [5.41, 5.74) is 1.98. The first-order valence-electron chi connectivity index (χ1n) is 9.91. The van der Waals surface area contributed by atoms with Crippen molar-refractivity contribution in [1.29, 1.82) is 0 Å². The van der Waals surface area contributed by atoms with Crippen LogP contribution in [0.15, 0.2) is 58.0 Å². The number of amides is 2. The largest absolute Gasteiger partial charge is 0.497 e. The molecule has 1 aromatic carbocycles. The number of aliphatic imine (C=N–C) groups is 1. The summed E-state index contributed by atoms with van der Waals surface area (Å²) < 4.78 is 10.7. The molecule has 3 rings (SSSR count). The number of hydrogen-bond acceptors (Lipinski definition) is 5. The molecule has 7 heteroatoms. The lowest BCUT2D eigenvalue weighted by Crippen LogP contribution is -2.30. The summed E-state index contributed by atoms with van der Waals surface area (Å²) in [5.74, 6) is 0.257. The van der Waals surface area contributed by atoms with Gasteiger partial charge in [0.2, 0.25) is 0 Å². The van der Waals surface area contributed by atoms with Gasteiger partial charge in [-0.1, -0.05) is 24.3 Å². The number of fused-ring (bicyclic) bond motifs is 1. The average Bonchev–Trinajstić information content (AvgIpc) is 2.73. The van der Waals surface area contributed by atoms with E-state index >= 15 is 0 Å². The highest BCUT2D eigenvalue weighted by molar-refractivity contribution is 8.05. The van der Waals surface area contributed by atoms with Crippen LogP contribution in [0.25, 0.3) is 6.08 Å². The molecule has 0 bridgehead atoms. The minimum atomic E-state index is -0.300. The van der Waals surface area contributed by atoms with Crippen LogP contribution in [0.3, 0.4) is 0 Å². The molecule has 0 saturated carbocycles. The minimum absolute atomic E-state index is 0.0875. The van der Waals surface area contributed by atoms with Gasteiger partial charge in [0.25, 0.3) is 11.8 Å². The van der Waals surface area contributed by atoms with Crippen LogP contribution in [0.4, 0.5) is 0 Å². The molecule has 1 atom stereocenters. The molecular weight excluding hydrogens is 400 g/mol. The Balaban J connectivity index is 1.64. The molecule has 30 heavy (non-hydrogen) atoms. The van der Waals surface area contributed by atoms with Crippen LogP contribution < -0.4 is 10.1 Å². The predicted octanol–water partition coefficient (Wildman–Crippen LogP) is 3.55. The number of nitrogens with zero attached hydrogens (tertiary/aromatic N) is 1. The Morgan fingerprint density at radius 3 is 2.97 bits per heavy atom. The molecular formula is C23H26N2O4S. The predicted molar refractivity (Wildman–Crippen MR) is 121 cm³/mol. The Hall–Kier alpha value is -2.64. The summed E-state index contributed by atoms with van der Waals surface area (Å²) in [6.45, 7) is 5.10. The first-order valence-corrected chi connectivity index (χ1v) is 10.8. The molecule has 6 nitrogen and oxygen atoms in total. The van der Waals surface area contributed by atoms with Crippen LogP contribution >= 0.6 is 11.8 Å². The minimum Gasteiger partial charge on any atom is -0.497 e. The highest BCUT2D eigenvalue weighted by Gasteiger charge is 2.28. The maximum absolute atomic E-state index is 12.5. The Labute approximate surface area is 181 Å². The molecule has 2 amide bonds. The van der Waals surface area contributed by atoms with Crippen molar-refractivity contribution in [3.8, 4) is 5.75 Å². The molecule has 0 radical (unpaired) electrons. The van der Waals surface area contributed by atoms with Crippen molar-refractivity contribution in [2.75, 3.05) is 20.3 Å². The van der Waals surface area contributed by atoms with Gasteiger partial charge in [0.1, 0.15) is 5.75 Å². The van der Waals surface area contributed by atoms with Crippen molar-refractivity contribution in [3.63, 3.8) is 0 Å². The van der Waals surface area contributed by atoms with Crippen molar-refractivity contribution >= 4 is 35.4 Å². The fourth-order valence-electron chi connectivity index (χ4n) is 2.95. The molecule has 1 unspecified atom stereocenters. The smallest absolute Gasteiger partial charge is 0.283 e. The van der Waals surface area contributed by atoms with Gasteiger partial charge in [0.05, 0.1) is 29.1 Å². The van der Waals surface area contributed by atoms with E-state index in [1.165, 1.54) is 11.8 Å². The first kappa shape index (κ1) is 22.1. The number of rotatable bonds is 8. The highest BCUT2D eigenvalue weighted by Crippen LogP contribution is 2.34. The Morgan fingerprint density at radius 2 is 2.20 bits per heavy atom. The van der Waals surface area contributed by atoms with Gasteiger partial charge in [-0.25, -0.2) is 4.99 Å². The van der Waals surface area contributed by atoms with E-state index in [2.05, 4.69) is 10.3 Å². The van der Waals surface area contributed by atoms with E-state index in [1.807, 2.05) is 50.3 Å². The van der Waals surface area contributed by atoms with E-state index in [4.69, 9.17) is 9.47 Å². The Bertz CT molecular complexity index is 931. The first-order chi connectivity index (χ1) is 14.5. The molecule has 1 N–H and O–H groups in total. The summed E-state index contributed by atoms with van der Waals surface area (Å²) in [6.07, 6.45) is 8.13. The van der Waals surface area contributed by atoms with E-state index in [9.17, 15) is 9.59 Å². The lowest BCUT2D eigenvalue weighted by atomic mass is 10.0. The van der Waals surface area contributed by atoms with Crippen LogP contribution in [0.2, 0.25) is 0 Å². The molecule has 1 heterocycles. The van der Waals surface area contributed by atoms with E-state index in [0.29, 0.717) is 29.3 Å². The zero-order valence-electron chi connectivity index (χ0n) is 17.4. The standard InChI is InChI=1S/C23H26N2O4S/c1-15(2)29-11-5-10-24-22(26)17-8-9-20-19(14-17)25-23(27)21(30-20)13-16-6-4-7-18(12-16)28-3/h4,6-9,12-15,20H,5,10-11H2,1-3H3,(H,24,26)/b21-13+.